The van der Waals surface area contributed by atoms with Gasteiger partial charge < -0.3 is 0 Å². The summed E-state index contributed by atoms with van der Waals surface area (Å²) in [5, 5.41) is 8.23. The number of aryl methyl sites for hydroxylation is 2. The molecule has 0 aliphatic carbocycles. The van der Waals surface area contributed by atoms with Gasteiger partial charge in [-0.3, -0.25) is 4.18 Å². The standard InChI is InChI=1S/C18H18IN3O3S/c1-14-4-10-18(11-5-14)26(23,24)25-12-2-3-16-13-22(21-20-16)17-8-6-15(19)7-9-17/h4-11,13H,2-3,12H2,1H3. The van der Waals surface area contributed by atoms with Gasteiger partial charge in [0.25, 0.3) is 10.1 Å². The van der Waals surface area contributed by atoms with Gasteiger partial charge in [0.05, 0.1) is 29.1 Å². The first-order valence-corrected chi connectivity index (χ1v) is 10.6. The summed E-state index contributed by atoms with van der Waals surface area (Å²) >= 11 is 2.25. The molecule has 0 saturated heterocycles. The zero-order valence-electron chi connectivity index (χ0n) is 14.2. The monoisotopic (exact) mass is 483 g/mol. The molecule has 0 amide bonds. The second-order valence-electron chi connectivity index (χ2n) is 5.82. The Morgan fingerprint density at radius 2 is 1.77 bits per heavy atom. The van der Waals surface area contributed by atoms with Crippen molar-refractivity contribution >= 4 is 32.7 Å². The Hall–Kier alpha value is -1.78. The maximum Gasteiger partial charge on any atom is 0.296 e. The van der Waals surface area contributed by atoms with Gasteiger partial charge in [-0.15, -0.1) is 5.10 Å². The first-order chi connectivity index (χ1) is 12.4. The highest BCUT2D eigenvalue weighted by molar-refractivity contribution is 14.1. The van der Waals surface area contributed by atoms with Crippen molar-refractivity contribution in [3.8, 4) is 5.69 Å². The summed E-state index contributed by atoms with van der Waals surface area (Å²) in [6.07, 6.45) is 2.97. The van der Waals surface area contributed by atoms with Crippen LogP contribution in [0.25, 0.3) is 5.69 Å². The van der Waals surface area contributed by atoms with Gasteiger partial charge in [0.1, 0.15) is 0 Å². The summed E-state index contributed by atoms with van der Waals surface area (Å²) in [6.45, 7) is 2.01. The quantitative estimate of drug-likeness (QED) is 0.292. The molecule has 0 fully saturated rings. The lowest BCUT2D eigenvalue weighted by Gasteiger charge is -2.05. The van der Waals surface area contributed by atoms with E-state index in [1.54, 1.807) is 28.9 Å². The normalized spacial score (nSPS) is 11.6. The van der Waals surface area contributed by atoms with Gasteiger partial charge in [-0.2, -0.15) is 8.42 Å². The van der Waals surface area contributed by atoms with Crippen LogP contribution >= 0.6 is 22.6 Å². The van der Waals surface area contributed by atoms with E-state index < -0.39 is 10.1 Å². The molecule has 26 heavy (non-hydrogen) atoms. The van der Waals surface area contributed by atoms with Crippen molar-refractivity contribution in [3.63, 3.8) is 0 Å². The summed E-state index contributed by atoms with van der Waals surface area (Å²) in [4.78, 5) is 0.174. The van der Waals surface area contributed by atoms with Gasteiger partial charge in [0, 0.05) is 3.57 Å². The molecule has 0 radical (unpaired) electrons. The minimum Gasteiger partial charge on any atom is -0.266 e. The summed E-state index contributed by atoms with van der Waals surface area (Å²) in [5.41, 5.74) is 2.72. The molecule has 0 unspecified atom stereocenters. The van der Waals surface area contributed by atoms with E-state index in [1.165, 1.54) is 0 Å². The Balaban J connectivity index is 1.52. The summed E-state index contributed by atoms with van der Waals surface area (Å²) in [6, 6.07) is 14.5. The lowest BCUT2D eigenvalue weighted by atomic mass is 10.2. The molecule has 1 heterocycles. The van der Waals surface area contributed by atoms with Crippen LogP contribution in [0.3, 0.4) is 0 Å². The Kier molecular flexibility index (Phi) is 6.05. The van der Waals surface area contributed by atoms with Crippen LogP contribution < -0.4 is 0 Å². The predicted octanol–water partition coefficient (Wildman–Crippen LogP) is 3.52. The number of nitrogens with zero attached hydrogens (tertiary/aromatic N) is 3. The van der Waals surface area contributed by atoms with Gasteiger partial charge >= 0.3 is 0 Å². The van der Waals surface area contributed by atoms with E-state index in [9.17, 15) is 8.42 Å². The molecule has 3 aromatic rings. The molecular formula is C18H18IN3O3S. The van der Waals surface area contributed by atoms with Crippen LogP contribution in [0.15, 0.2) is 59.6 Å². The Labute approximate surface area is 166 Å². The number of aromatic nitrogens is 3. The molecule has 0 aliphatic rings. The largest absolute Gasteiger partial charge is 0.296 e. The number of hydrogen-bond acceptors (Lipinski definition) is 5. The maximum absolute atomic E-state index is 12.1. The van der Waals surface area contributed by atoms with E-state index in [1.807, 2.05) is 37.4 Å². The molecule has 0 atom stereocenters. The van der Waals surface area contributed by atoms with Gasteiger partial charge in [-0.05, 0) is 78.8 Å². The van der Waals surface area contributed by atoms with E-state index in [0.29, 0.717) is 12.8 Å². The molecular weight excluding hydrogens is 465 g/mol. The van der Waals surface area contributed by atoms with Gasteiger partial charge in [0.2, 0.25) is 0 Å². The summed E-state index contributed by atoms with van der Waals surface area (Å²) in [5.74, 6) is 0. The number of hydrogen-bond donors (Lipinski definition) is 0. The zero-order valence-corrected chi connectivity index (χ0v) is 17.1. The highest BCUT2D eigenvalue weighted by Crippen LogP contribution is 2.14. The van der Waals surface area contributed by atoms with Crippen molar-refractivity contribution in [2.24, 2.45) is 0 Å². The van der Waals surface area contributed by atoms with Crippen molar-refractivity contribution in [1.29, 1.82) is 0 Å². The lowest BCUT2D eigenvalue weighted by molar-refractivity contribution is 0.312. The minimum absolute atomic E-state index is 0.104. The van der Waals surface area contributed by atoms with Crippen molar-refractivity contribution < 1.29 is 12.6 Å². The third-order valence-corrected chi connectivity index (χ3v) is 5.80. The van der Waals surface area contributed by atoms with Crippen molar-refractivity contribution in [1.82, 2.24) is 15.0 Å². The van der Waals surface area contributed by atoms with Crippen LogP contribution in [-0.4, -0.2) is 30.0 Å². The van der Waals surface area contributed by atoms with Crippen LogP contribution in [-0.2, 0) is 20.7 Å². The minimum atomic E-state index is -3.72. The molecule has 6 nitrogen and oxygen atoms in total. The topological polar surface area (TPSA) is 74.1 Å². The highest BCUT2D eigenvalue weighted by Gasteiger charge is 2.14. The van der Waals surface area contributed by atoms with Crippen molar-refractivity contribution in [2.75, 3.05) is 6.61 Å². The molecule has 2 aromatic carbocycles. The van der Waals surface area contributed by atoms with Crippen LogP contribution in [0.2, 0.25) is 0 Å². The van der Waals surface area contributed by atoms with Crippen LogP contribution in [0.1, 0.15) is 17.7 Å². The van der Waals surface area contributed by atoms with Crippen molar-refractivity contribution in [2.45, 2.75) is 24.7 Å². The number of rotatable bonds is 7. The second kappa shape index (κ2) is 8.28. The Morgan fingerprint density at radius 1 is 1.08 bits per heavy atom. The molecule has 8 heteroatoms. The molecule has 0 spiro atoms. The van der Waals surface area contributed by atoms with Gasteiger partial charge in [-0.25, -0.2) is 4.68 Å². The molecule has 0 saturated carbocycles. The molecule has 0 aliphatic heterocycles. The third-order valence-electron chi connectivity index (χ3n) is 3.76. The fraction of sp³-hybridized carbons (Fsp3) is 0.222. The highest BCUT2D eigenvalue weighted by atomic mass is 127. The van der Waals surface area contributed by atoms with E-state index in [0.717, 1.165) is 20.5 Å². The average molecular weight is 483 g/mol. The molecule has 136 valence electrons. The van der Waals surface area contributed by atoms with Crippen LogP contribution in [0.4, 0.5) is 0 Å². The number of benzene rings is 2. The fourth-order valence-corrected chi connectivity index (χ4v) is 3.63. The molecule has 3 rings (SSSR count). The first kappa shape index (κ1) is 19.0. The average Bonchev–Trinajstić information content (AvgIpc) is 3.09. The van der Waals surface area contributed by atoms with E-state index >= 15 is 0 Å². The van der Waals surface area contributed by atoms with Gasteiger partial charge in [0.15, 0.2) is 0 Å². The predicted molar refractivity (Wildman–Crippen MR) is 107 cm³/mol. The number of halogens is 1. The third kappa shape index (κ3) is 4.89. The fourth-order valence-electron chi connectivity index (χ4n) is 2.33. The SMILES string of the molecule is Cc1ccc(S(=O)(=O)OCCCc2cn(-c3ccc(I)cc3)nn2)cc1. The smallest absolute Gasteiger partial charge is 0.266 e. The Morgan fingerprint density at radius 3 is 2.46 bits per heavy atom. The van der Waals surface area contributed by atoms with Crippen molar-refractivity contribution in [3.05, 3.63) is 69.6 Å². The van der Waals surface area contributed by atoms with Crippen LogP contribution in [0, 0.1) is 10.5 Å². The lowest BCUT2D eigenvalue weighted by Crippen LogP contribution is -2.08. The summed E-state index contributed by atoms with van der Waals surface area (Å²) < 4.78 is 32.2. The summed E-state index contributed by atoms with van der Waals surface area (Å²) in [7, 11) is -3.72. The molecule has 0 N–H and O–H groups in total. The second-order valence-corrected chi connectivity index (χ2v) is 8.68. The van der Waals surface area contributed by atoms with Crippen LogP contribution in [0.5, 0.6) is 0 Å². The Bertz CT molecular complexity index is 968. The molecule has 1 aromatic heterocycles. The maximum atomic E-state index is 12.1. The van der Waals surface area contributed by atoms with E-state index in [2.05, 4.69) is 32.9 Å². The molecule has 0 bridgehead atoms. The van der Waals surface area contributed by atoms with E-state index in [4.69, 9.17) is 4.18 Å². The van der Waals surface area contributed by atoms with E-state index in [-0.39, 0.29) is 11.5 Å². The van der Waals surface area contributed by atoms with Gasteiger partial charge in [-0.1, -0.05) is 22.9 Å². The first-order valence-electron chi connectivity index (χ1n) is 8.07. The zero-order chi connectivity index (χ0) is 18.6.